The van der Waals surface area contributed by atoms with Gasteiger partial charge in [0.25, 0.3) is 5.69 Å². The van der Waals surface area contributed by atoms with E-state index in [0.29, 0.717) is 24.4 Å². The van der Waals surface area contributed by atoms with Gasteiger partial charge in [-0.15, -0.1) is 10.2 Å². The second-order valence-corrected chi connectivity index (χ2v) is 8.32. The quantitative estimate of drug-likeness (QED) is 0.501. The minimum atomic E-state index is -3.98. The summed E-state index contributed by atoms with van der Waals surface area (Å²) in [6, 6.07) is 11.0. The van der Waals surface area contributed by atoms with Crippen LogP contribution in [0.4, 0.5) is 5.69 Å². The van der Waals surface area contributed by atoms with Gasteiger partial charge in [0.05, 0.1) is 4.92 Å². The van der Waals surface area contributed by atoms with Gasteiger partial charge >= 0.3 is 0 Å². The van der Waals surface area contributed by atoms with Crippen molar-refractivity contribution in [2.45, 2.75) is 23.7 Å². The third-order valence-corrected chi connectivity index (χ3v) is 6.68. The molecule has 2 aromatic heterocycles. The molecule has 1 aliphatic rings. The number of piperidine rings is 1. The fourth-order valence-electron chi connectivity index (χ4n) is 3.47. The molecule has 0 N–H and O–H groups in total. The zero-order valence-electron chi connectivity index (χ0n) is 14.3. The Balaban J connectivity index is 1.68. The molecule has 0 aliphatic carbocycles. The van der Waals surface area contributed by atoms with Gasteiger partial charge < -0.3 is 0 Å². The molecule has 1 aliphatic heterocycles. The molecular weight excluding hydrogens is 370 g/mol. The molecule has 10 heteroatoms. The molecule has 27 heavy (non-hydrogen) atoms. The van der Waals surface area contributed by atoms with E-state index >= 15 is 0 Å². The lowest BCUT2D eigenvalue weighted by molar-refractivity contribution is -0.387. The third-order valence-electron chi connectivity index (χ3n) is 4.77. The molecule has 1 fully saturated rings. The van der Waals surface area contributed by atoms with E-state index < -0.39 is 20.6 Å². The van der Waals surface area contributed by atoms with Gasteiger partial charge in [-0.05, 0) is 31.0 Å². The molecule has 4 rings (SSSR count). The Hall–Kier alpha value is -2.85. The maximum atomic E-state index is 13.1. The second kappa shape index (κ2) is 6.71. The molecule has 0 amide bonds. The Labute approximate surface area is 155 Å². The van der Waals surface area contributed by atoms with E-state index in [1.54, 1.807) is 0 Å². The summed E-state index contributed by atoms with van der Waals surface area (Å²) in [4.78, 5) is 10.3. The largest absolute Gasteiger partial charge is 0.289 e. The molecule has 0 radical (unpaired) electrons. The number of rotatable bonds is 4. The van der Waals surface area contributed by atoms with Crippen LogP contribution in [0.25, 0.3) is 5.65 Å². The monoisotopic (exact) mass is 387 g/mol. The molecule has 0 unspecified atom stereocenters. The molecule has 1 saturated heterocycles. The van der Waals surface area contributed by atoms with Crippen LogP contribution in [-0.2, 0) is 10.0 Å². The third kappa shape index (κ3) is 3.06. The average Bonchev–Trinajstić information content (AvgIpc) is 3.12. The molecule has 0 saturated carbocycles. The molecule has 9 nitrogen and oxygen atoms in total. The highest BCUT2D eigenvalue weighted by atomic mass is 32.2. The molecule has 1 atom stereocenters. The van der Waals surface area contributed by atoms with Crippen molar-refractivity contribution in [2.75, 3.05) is 13.1 Å². The van der Waals surface area contributed by atoms with Crippen molar-refractivity contribution >= 4 is 21.4 Å². The van der Waals surface area contributed by atoms with E-state index in [-0.39, 0.29) is 17.4 Å². The summed E-state index contributed by atoms with van der Waals surface area (Å²) in [5, 5.41) is 19.6. The minimum absolute atomic E-state index is 0.131. The molecule has 1 aromatic carbocycles. The number of hydrogen-bond acceptors (Lipinski definition) is 6. The summed E-state index contributed by atoms with van der Waals surface area (Å²) in [6.45, 7) is 0.533. The highest BCUT2D eigenvalue weighted by Gasteiger charge is 2.36. The van der Waals surface area contributed by atoms with Crippen molar-refractivity contribution < 1.29 is 13.3 Å². The Morgan fingerprint density at radius 2 is 1.89 bits per heavy atom. The van der Waals surface area contributed by atoms with E-state index in [4.69, 9.17) is 0 Å². The first-order valence-electron chi connectivity index (χ1n) is 8.52. The lowest BCUT2D eigenvalue weighted by atomic mass is 9.99. The lowest BCUT2D eigenvalue weighted by Crippen LogP contribution is -2.39. The van der Waals surface area contributed by atoms with Gasteiger partial charge in [-0.1, -0.05) is 18.2 Å². The number of nitrogens with zero attached hydrogens (tertiary/aromatic N) is 5. The van der Waals surface area contributed by atoms with Crippen LogP contribution in [0, 0.1) is 10.1 Å². The van der Waals surface area contributed by atoms with Gasteiger partial charge in [0, 0.05) is 31.3 Å². The predicted molar refractivity (Wildman–Crippen MR) is 96.8 cm³/mol. The summed E-state index contributed by atoms with van der Waals surface area (Å²) < 4.78 is 29.3. The number of pyridine rings is 1. The van der Waals surface area contributed by atoms with E-state index in [1.165, 1.54) is 28.6 Å². The summed E-state index contributed by atoms with van der Waals surface area (Å²) in [5.74, 6) is 0.571. The minimum Gasteiger partial charge on any atom is -0.286 e. The fourth-order valence-corrected chi connectivity index (χ4v) is 5.16. The van der Waals surface area contributed by atoms with E-state index in [1.807, 2.05) is 28.8 Å². The standard InChI is InChI=1S/C17H17N5O4S/c23-22(24)14-7-1-2-8-15(14)27(25,26)20-10-5-6-13(12-20)17-19-18-16-9-3-4-11-21(16)17/h1-4,7-9,11,13H,5-6,10,12H2/t13-/m1/s1. The normalized spacial score (nSPS) is 18.6. The highest BCUT2D eigenvalue weighted by Crippen LogP contribution is 2.32. The predicted octanol–water partition coefficient (Wildman–Crippen LogP) is 2.21. The summed E-state index contributed by atoms with van der Waals surface area (Å²) in [6.07, 6.45) is 3.27. The van der Waals surface area contributed by atoms with Crippen molar-refractivity contribution in [3.05, 3.63) is 64.6 Å². The first-order chi connectivity index (χ1) is 13.0. The van der Waals surface area contributed by atoms with Crippen LogP contribution in [0.15, 0.2) is 53.6 Å². The second-order valence-electron chi connectivity index (χ2n) is 6.41. The van der Waals surface area contributed by atoms with Crippen molar-refractivity contribution in [3.63, 3.8) is 0 Å². The summed E-state index contributed by atoms with van der Waals surface area (Å²) >= 11 is 0. The van der Waals surface area contributed by atoms with E-state index in [9.17, 15) is 18.5 Å². The Bertz CT molecular complexity index is 1110. The molecule has 140 valence electrons. The number of sulfonamides is 1. The topological polar surface area (TPSA) is 111 Å². The number of nitro benzene ring substituents is 1. The lowest BCUT2D eigenvalue weighted by Gasteiger charge is -2.30. The maximum Gasteiger partial charge on any atom is 0.289 e. The van der Waals surface area contributed by atoms with Crippen LogP contribution >= 0.6 is 0 Å². The average molecular weight is 387 g/mol. The van der Waals surface area contributed by atoms with Crippen molar-refractivity contribution in [1.29, 1.82) is 0 Å². The van der Waals surface area contributed by atoms with Gasteiger partial charge in [-0.3, -0.25) is 14.5 Å². The van der Waals surface area contributed by atoms with Crippen LogP contribution in [0.2, 0.25) is 0 Å². The first-order valence-corrected chi connectivity index (χ1v) is 9.96. The molecule has 0 bridgehead atoms. The molecule has 0 spiro atoms. The van der Waals surface area contributed by atoms with Crippen molar-refractivity contribution in [2.24, 2.45) is 0 Å². The SMILES string of the molecule is O=[N+]([O-])c1ccccc1S(=O)(=O)N1CCC[C@@H](c2nnc3ccccn23)C1. The van der Waals surface area contributed by atoms with Gasteiger partial charge in [0.15, 0.2) is 10.5 Å². The number of para-hydroxylation sites is 1. The van der Waals surface area contributed by atoms with Gasteiger partial charge in [-0.2, -0.15) is 4.31 Å². The van der Waals surface area contributed by atoms with E-state index in [0.717, 1.165) is 6.42 Å². The van der Waals surface area contributed by atoms with Crippen LogP contribution in [0.3, 0.4) is 0 Å². The van der Waals surface area contributed by atoms with E-state index in [2.05, 4.69) is 10.2 Å². The summed E-state index contributed by atoms with van der Waals surface area (Å²) in [7, 11) is -3.98. The maximum absolute atomic E-state index is 13.1. The van der Waals surface area contributed by atoms with Crippen LogP contribution in [0.1, 0.15) is 24.6 Å². The Kier molecular flexibility index (Phi) is 4.36. The fraction of sp³-hybridized carbons (Fsp3) is 0.294. The number of fused-ring (bicyclic) bond motifs is 1. The molecular formula is C17H17N5O4S. The van der Waals surface area contributed by atoms with Crippen LogP contribution in [0.5, 0.6) is 0 Å². The van der Waals surface area contributed by atoms with Gasteiger partial charge in [-0.25, -0.2) is 8.42 Å². The Morgan fingerprint density at radius 3 is 2.70 bits per heavy atom. The zero-order valence-corrected chi connectivity index (χ0v) is 15.1. The van der Waals surface area contributed by atoms with Crippen molar-refractivity contribution in [1.82, 2.24) is 18.9 Å². The first kappa shape index (κ1) is 17.6. The van der Waals surface area contributed by atoms with Gasteiger partial charge in [0.1, 0.15) is 5.82 Å². The highest BCUT2D eigenvalue weighted by molar-refractivity contribution is 7.89. The van der Waals surface area contributed by atoms with Crippen LogP contribution in [-0.4, -0.2) is 45.3 Å². The number of hydrogen-bond donors (Lipinski definition) is 0. The number of benzene rings is 1. The Morgan fingerprint density at radius 1 is 1.11 bits per heavy atom. The van der Waals surface area contributed by atoms with Gasteiger partial charge in [0.2, 0.25) is 10.0 Å². The number of aromatic nitrogens is 3. The van der Waals surface area contributed by atoms with Crippen LogP contribution < -0.4 is 0 Å². The summed E-state index contributed by atoms with van der Waals surface area (Å²) in [5.41, 5.74) is 0.290. The smallest absolute Gasteiger partial charge is 0.286 e. The zero-order chi connectivity index (χ0) is 19.0. The molecule has 3 aromatic rings. The van der Waals surface area contributed by atoms with Crippen molar-refractivity contribution in [3.8, 4) is 0 Å². The number of nitro groups is 1. The molecule has 3 heterocycles.